The lowest BCUT2D eigenvalue weighted by Crippen LogP contribution is -2.14. The Bertz CT molecular complexity index is 737. The quantitative estimate of drug-likeness (QED) is 0.598. The van der Waals surface area contributed by atoms with E-state index in [-0.39, 0.29) is 10.6 Å². The van der Waals surface area contributed by atoms with E-state index in [0.717, 1.165) is 4.47 Å². The number of rotatable bonds is 3. The predicted octanol–water partition coefficient (Wildman–Crippen LogP) is 4.92. The maximum atomic E-state index is 12.2. The summed E-state index contributed by atoms with van der Waals surface area (Å²) in [5.74, 6) is -0.659. The van der Waals surface area contributed by atoms with Crippen LogP contribution in [0.4, 0.5) is 11.4 Å². The number of hydrogen-bond donors (Lipinski definition) is 1. The zero-order valence-electron chi connectivity index (χ0n) is 10.3. The van der Waals surface area contributed by atoms with E-state index >= 15 is 0 Å². The second kappa shape index (κ2) is 6.43. The first kappa shape index (κ1) is 15.8. The molecule has 2 aromatic carbocycles. The fraction of sp³-hybridized carbons (Fsp3) is 0. The number of carbonyl (C=O) groups excluding carboxylic acids is 1. The van der Waals surface area contributed by atoms with E-state index in [2.05, 4.69) is 21.2 Å². The van der Waals surface area contributed by atoms with Crippen molar-refractivity contribution in [2.24, 2.45) is 0 Å². The van der Waals surface area contributed by atoms with Gasteiger partial charge in [-0.2, -0.15) is 0 Å². The Morgan fingerprint density at radius 1 is 1.19 bits per heavy atom. The average molecular weight is 390 g/mol. The van der Waals surface area contributed by atoms with Gasteiger partial charge in [0.15, 0.2) is 0 Å². The first-order chi connectivity index (χ1) is 9.90. The van der Waals surface area contributed by atoms with Gasteiger partial charge in [-0.05, 0) is 30.3 Å². The maximum absolute atomic E-state index is 12.2. The van der Waals surface area contributed by atoms with Gasteiger partial charge < -0.3 is 5.32 Å². The van der Waals surface area contributed by atoms with Gasteiger partial charge in [-0.3, -0.25) is 14.9 Å². The average Bonchev–Trinajstić information content (AvgIpc) is 2.41. The van der Waals surface area contributed by atoms with Crippen LogP contribution < -0.4 is 5.32 Å². The van der Waals surface area contributed by atoms with E-state index in [9.17, 15) is 14.9 Å². The number of benzene rings is 2. The summed E-state index contributed by atoms with van der Waals surface area (Å²) < 4.78 is 0.749. The lowest BCUT2D eigenvalue weighted by Gasteiger charge is -2.08. The summed E-state index contributed by atoms with van der Waals surface area (Å²) in [7, 11) is 0. The highest BCUT2D eigenvalue weighted by Gasteiger charge is 2.24. The summed E-state index contributed by atoms with van der Waals surface area (Å²) in [5, 5.41) is 13.7. The van der Waals surface area contributed by atoms with E-state index in [0.29, 0.717) is 10.7 Å². The molecule has 21 heavy (non-hydrogen) atoms. The fourth-order valence-electron chi connectivity index (χ4n) is 1.66. The lowest BCUT2D eigenvalue weighted by molar-refractivity contribution is -0.385. The van der Waals surface area contributed by atoms with Crippen molar-refractivity contribution in [2.45, 2.75) is 0 Å². The third-order valence-electron chi connectivity index (χ3n) is 2.59. The van der Waals surface area contributed by atoms with Crippen LogP contribution in [0.3, 0.4) is 0 Å². The normalized spacial score (nSPS) is 10.2. The second-order valence-corrected chi connectivity index (χ2v) is 5.70. The van der Waals surface area contributed by atoms with Crippen LogP contribution in [0.5, 0.6) is 0 Å². The molecule has 8 heteroatoms. The summed E-state index contributed by atoms with van der Waals surface area (Å²) in [4.78, 5) is 22.5. The molecule has 0 bridgehead atoms. The van der Waals surface area contributed by atoms with Crippen LogP contribution in [-0.2, 0) is 0 Å². The molecule has 0 spiro atoms. The van der Waals surface area contributed by atoms with Crippen LogP contribution in [0.15, 0.2) is 40.9 Å². The minimum absolute atomic E-state index is 0.102. The fourth-order valence-corrected chi connectivity index (χ4v) is 2.63. The van der Waals surface area contributed by atoms with Crippen molar-refractivity contribution in [2.75, 3.05) is 5.32 Å². The molecule has 5 nitrogen and oxygen atoms in total. The Hall–Kier alpha value is -1.63. The van der Waals surface area contributed by atoms with Gasteiger partial charge in [0.05, 0.1) is 15.6 Å². The minimum Gasteiger partial charge on any atom is -0.320 e. The third-order valence-corrected chi connectivity index (χ3v) is 3.70. The topological polar surface area (TPSA) is 72.2 Å². The van der Waals surface area contributed by atoms with E-state index in [4.69, 9.17) is 23.2 Å². The van der Waals surface area contributed by atoms with E-state index in [1.54, 1.807) is 18.2 Å². The number of para-hydroxylation sites is 1. The van der Waals surface area contributed by atoms with E-state index < -0.39 is 16.5 Å². The van der Waals surface area contributed by atoms with Crippen LogP contribution in [0.1, 0.15) is 10.4 Å². The van der Waals surface area contributed by atoms with Gasteiger partial charge in [0.2, 0.25) is 0 Å². The molecule has 0 heterocycles. The summed E-state index contributed by atoms with van der Waals surface area (Å²) in [6, 6.07) is 9.01. The maximum Gasteiger partial charge on any atom is 0.300 e. The minimum atomic E-state index is -0.694. The van der Waals surface area contributed by atoms with Crippen LogP contribution in [0, 0.1) is 10.1 Å². The Balaban J connectivity index is 2.37. The molecule has 2 rings (SSSR count). The SMILES string of the molecule is O=C(Nc1ccc(Br)cc1Cl)c1cccc(Cl)c1[N+](=O)[O-]. The molecule has 0 aromatic heterocycles. The van der Waals surface area contributed by atoms with Gasteiger partial charge in [0, 0.05) is 4.47 Å². The zero-order chi connectivity index (χ0) is 15.6. The molecule has 2 aromatic rings. The van der Waals surface area contributed by atoms with Gasteiger partial charge in [0.1, 0.15) is 10.6 Å². The van der Waals surface area contributed by atoms with Crippen molar-refractivity contribution in [1.29, 1.82) is 0 Å². The summed E-state index contributed by atoms with van der Waals surface area (Å²) >= 11 is 15.0. The number of carbonyl (C=O) groups is 1. The highest BCUT2D eigenvalue weighted by atomic mass is 79.9. The first-order valence-electron chi connectivity index (χ1n) is 5.59. The molecular formula is C13H7BrCl2N2O3. The molecule has 1 amide bonds. The lowest BCUT2D eigenvalue weighted by atomic mass is 10.1. The van der Waals surface area contributed by atoms with E-state index in [1.807, 2.05) is 0 Å². The van der Waals surface area contributed by atoms with Gasteiger partial charge in [-0.1, -0.05) is 45.2 Å². The molecule has 1 N–H and O–H groups in total. The first-order valence-corrected chi connectivity index (χ1v) is 7.14. The monoisotopic (exact) mass is 388 g/mol. The summed E-state index contributed by atoms with van der Waals surface area (Å²) in [6.07, 6.45) is 0. The number of nitro benzene ring substituents is 1. The van der Waals surface area contributed by atoms with Crippen LogP contribution >= 0.6 is 39.1 Å². The van der Waals surface area contributed by atoms with Gasteiger partial charge in [-0.15, -0.1) is 0 Å². The zero-order valence-corrected chi connectivity index (χ0v) is 13.4. The number of halogens is 3. The summed E-state index contributed by atoms with van der Waals surface area (Å²) in [5.41, 5.74) is -0.226. The van der Waals surface area contributed by atoms with Crippen LogP contribution in [0.25, 0.3) is 0 Å². The summed E-state index contributed by atoms with van der Waals surface area (Å²) in [6.45, 7) is 0. The number of amides is 1. The largest absolute Gasteiger partial charge is 0.320 e. The third kappa shape index (κ3) is 3.53. The smallest absolute Gasteiger partial charge is 0.300 e. The van der Waals surface area contributed by atoms with Crippen molar-refractivity contribution in [3.05, 3.63) is 66.6 Å². The number of anilines is 1. The standard InChI is InChI=1S/C13H7BrCl2N2O3/c14-7-4-5-11(10(16)6-7)17-13(19)8-2-1-3-9(15)12(8)18(20)21/h1-6H,(H,17,19). The number of nitrogens with zero attached hydrogens (tertiary/aromatic N) is 1. The van der Waals surface area contributed by atoms with Crippen molar-refractivity contribution < 1.29 is 9.72 Å². The van der Waals surface area contributed by atoms with Gasteiger partial charge >= 0.3 is 5.69 Å². The molecule has 108 valence electrons. The molecule has 0 unspecified atom stereocenters. The number of nitro groups is 1. The highest BCUT2D eigenvalue weighted by Crippen LogP contribution is 2.30. The van der Waals surface area contributed by atoms with Crippen molar-refractivity contribution in [3.63, 3.8) is 0 Å². The highest BCUT2D eigenvalue weighted by molar-refractivity contribution is 9.10. The molecule has 0 aliphatic heterocycles. The van der Waals surface area contributed by atoms with E-state index in [1.165, 1.54) is 18.2 Å². The van der Waals surface area contributed by atoms with Gasteiger partial charge in [0.25, 0.3) is 5.91 Å². The molecule has 0 radical (unpaired) electrons. The molecule has 0 atom stereocenters. The number of nitrogens with one attached hydrogen (secondary N) is 1. The van der Waals surface area contributed by atoms with Crippen LogP contribution in [0.2, 0.25) is 10.0 Å². The van der Waals surface area contributed by atoms with Crippen molar-refractivity contribution in [1.82, 2.24) is 0 Å². The second-order valence-electron chi connectivity index (χ2n) is 3.97. The molecule has 0 saturated heterocycles. The number of hydrogen-bond acceptors (Lipinski definition) is 3. The van der Waals surface area contributed by atoms with Crippen LogP contribution in [-0.4, -0.2) is 10.8 Å². The molecule has 0 aliphatic carbocycles. The Labute approximate surface area is 138 Å². The molecule has 0 fully saturated rings. The Morgan fingerprint density at radius 3 is 2.52 bits per heavy atom. The van der Waals surface area contributed by atoms with Crippen molar-refractivity contribution in [3.8, 4) is 0 Å². The molecule has 0 aliphatic rings. The Morgan fingerprint density at radius 2 is 1.90 bits per heavy atom. The molecule has 0 saturated carbocycles. The van der Waals surface area contributed by atoms with Gasteiger partial charge in [-0.25, -0.2) is 0 Å². The van der Waals surface area contributed by atoms with Crippen molar-refractivity contribution >= 4 is 56.4 Å². The predicted molar refractivity (Wildman–Crippen MR) is 85.2 cm³/mol. The molecular weight excluding hydrogens is 383 g/mol. The Kier molecular flexibility index (Phi) is 4.82.